The first-order valence-corrected chi connectivity index (χ1v) is 9.83. The van der Waals surface area contributed by atoms with E-state index in [2.05, 4.69) is 21.2 Å². The van der Waals surface area contributed by atoms with Crippen LogP contribution in [0.4, 0.5) is 5.69 Å². The van der Waals surface area contributed by atoms with E-state index in [4.69, 9.17) is 0 Å². The van der Waals surface area contributed by atoms with E-state index in [9.17, 15) is 10.1 Å². The molecule has 2 heterocycles. The Morgan fingerprint density at radius 3 is 2.57 bits per heavy atom. The lowest BCUT2D eigenvalue weighted by atomic mass is 10.2. The minimum Gasteiger partial charge on any atom is -0.318 e. The molecule has 2 aromatic carbocycles. The molecule has 4 rings (SSSR count). The lowest BCUT2D eigenvalue weighted by molar-refractivity contribution is -0.385. The highest BCUT2D eigenvalue weighted by molar-refractivity contribution is 8.14. The Morgan fingerprint density at radius 2 is 1.86 bits per heavy atom. The number of hydrazone groups is 1. The third-order valence-corrected chi connectivity index (χ3v) is 6.08. The minimum atomic E-state index is -0.331. The standard InChI is InChI=1S/C21H20N4O2S/c1-13-9-10-17(12-19(13)25(26)27)24-14(2)11-18(15(24)3)21-23-22-20(28-21)16-7-5-4-6-8-16/h4-12,21,23H,1-3H3/t21-/m1/s1. The molecule has 1 aliphatic rings. The fraction of sp³-hybridized carbons (Fsp3) is 0.190. The van der Waals surface area contributed by atoms with Crippen molar-refractivity contribution in [3.05, 3.63) is 92.8 Å². The van der Waals surface area contributed by atoms with E-state index < -0.39 is 0 Å². The van der Waals surface area contributed by atoms with Gasteiger partial charge in [0.15, 0.2) is 0 Å². The zero-order valence-corrected chi connectivity index (χ0v) is 16.7. The Bertz CT molecular complexity index is 1090. The largest absolute Gasteiger partial charge is 0.318 e. The zero-order chi connectivity index (χ0) is 19.8. The molecule has 1 N–H and O–H groups in total. The van der Waals surface area contributed by atoms with Gasteiger partial charge in [0.2, 0.25) is 0 Å². The molecule has 0 radical (unpaired) electrons. The van der Waals surface area contributed by atoms with E-state index in [1.807, 2.05) is 50.2 Å². The lowest BCUT2D eigenvalue weighted by Gasteiger charge is -2.13. The second-order valence-corrected chi connectivity index (χ2v) is 7.89. The normalized spacial score (nSPS) is 16.0. The number of rotatable bonds is 4. The molecule has 1 atom stereocenters. The summed E-state index contributed by atoms with van der Waals surface area (Å²) in [5, 5.41) is 16.8. The quantitative estimate of drug-likeness (QED) is 0.500. The number of aromatic nitrogens is 1. The van der Waals surface area contributed by atoms with Crippen molar-refractivity contribution in [3.8, 4) is 5.69 Å². The molecule has 1 aromatic heterocycles. The molecular formula is C21H20N4O2S. The molecule has 0 saturated heterocycles. The molecule has 3 aromatic rings. The summed E-state index contributed by atoms with van der Waals surface area (Å²) in [6.45, 7) is 5.81. The average molecular weight is 392 g/mol. The highest BCUT2D eigenvalue weighted by Crippen LogP contribution is 2.38. The van der Waals surface area contributed by atoms with Crippen LogP contribution in [0.15, 0.2) is 59.7 Å². The van der Waals surface area contributed by atoms with E-state index in [0.717, 1.165) is 33.2 Å². The summed E-state index contributed by atoms with van der Waals surface area (Å²) in [6, 6.07) is 17.6. The first-order chi connectivity index (χ1) is 13.5. The molecule has 28 heavy (non-hydrogen) atoms. The topological polar surface area (TPSA) is 72.5 Å². The molecule has 0 spiro atoms. The molecule has 0 amide bonds. The molecule has 142 valence electrons. The molecule has 0 aliphatic carbocycles. The molecular weight excluding hydrogens is 372 g/mol. The lowest BCUT2D eigenvalue weighted by Crippen LogP contribution is -2.08. The van der Waals surface area contributed by atoms with Crippen molar-refractivity contribution in [2.75, 3.05) is 0 Å². The van der Waals surface area contributed by atoms with Crippen molar-refractivity contribution < 1.29 is 4.92 Å². The van der Waals surface area contributed by atoms with Crippen LogP contribution in [0.5, 0.6) is 0 Å². The second-order valence-electron chi connectivity index (χ2n) is 6.80. The van der Waals surface area contributed by atoms with Crippen molar-refractivity contribution in [2.45, 2.75) is 26.1 Å². The molecule has 0 saturated carbocycles. The highest BCUT2D eigenvalue weighted by Gasteiger charge is 2.26. The fourth-order valence-electron chi connectivity index (χ4n) is 3.51. The molecule has 7 heteroatoms. The maximum absolute atomic E-state index is 11.3. The van der Waals surface area contributed by atoms with Gasteiger partial charge >= 0.3 is 0 Å². The Morgan fingerprint density at radius 1 is 1.11 bits per heavy atom. The van der Waals surface area contributed by atoms with Gasteiger partial charge in [-0.15, -0.1) is 0 Å². The van der Waals surface area contributed by atoms with Gasteiger partial charge in [-0.25, -0.2) is 0 Å². The van der Waals surface area contributed by atoms with Crippen LogP contribution < -0.4 is 5.43 Å². The average Bonchev–Trinajstić information content (AvgIpc) is 3.28. The summed E-state index contributed by atoms with van der Waals surface area (Å²) in [5.74, 6) is 0. The van der Waals surface area contributed by atoms with E-state index in [-0.39, 0.29) is 16.0 Å². The summed E-state index contributed by atoms with van der Waals surface area (Å²) in [4.78, 5) is 11.0. The van der Waals surface area contributed by atoms with Gasteiger partial charge in [0.05, 0.1) is 10.6 Å². The Balaban J connectivity index is 1.66. The second kappa shape index (κ2) is 7.16. The van der Waals surface area contributed by atoms with Crippen molar-refractivity contribution in [1.82, 2.24) is 9.99 Å². The van der Waals surface area contributed by atoms with Crippen LogP contribution in [0.1, 0.15) is 33.5 Å². The SMILES string of the molecule is Cc1ccc(-n2c(C)cc([C@@H]3NN=C(c4ccccc4)S3)c2C)cc1[N+](=O)[O-]. The van der Waals surface area contributed by atoms with Gasteiger partial charge < -0.3 is 4.57 Å². The zero-order valence-electron chi connectivity index (χ0n) is 15.8. The summed E-state index contributed by atoms with van der Waals surface area (Å²) >= 11 is 1.68. The molecule has 0 fully saturated rings. The van der Waals surface area contributed by atoms with Crippen LogP contribution in [0.2, 0.25) is 0 Å². The van der Waals surface area contributed by atoms with Gasteiger partial charge in [0.25, 0.3) is 5.69 Å². The smallest absolute Gasteiger partial charge is 0.274 e. The van der Waals surface area contributed by atoms with Gasteiger partial charge in [0, 0.05) is 34.1 Å². The highest BCUT2D eigenvalue weighted by atomic mass is 32.2. The van der Waals surface area contributed by atoms with Crippen molar-refractivity contribution >= 4 is 22.5 Å². The van der Waals surface area contributed by atoms with Gasteiger partial charge in [-0.05, 0) is 32.9 Å². The van der Waals surface area contributed by atoms with Gasteiger partial charge in [0.1, 0.15) is 10.4 Å². The van der Waals surface area contributed by atoms with Gasteiger partial charge in [-0.3, -0.25) is 15.5 Å². The third-order valence-electron chi connectivity index (χ3n) is 4.93. The predicted octanol–water partition coefficient (Wildman–Crippen LogP) is 5.01. The first-order valence-electron chi connectivity index (χ1n) is 8.95. The monoisotopic (exact) mass is 392 g/mol. The van der Waals surface area contributed by atoms with Crippen LogP contribution in [0, 0.1) is 30.9 Å². The summed E-state index contributed by atoms with van der Waals surface area (Å²) in [6.07, 6.45) is 0. The maximum Gasteiger partial charge on any atom is 0.274 e. The number of aryl methyl sites for hydroxylation is 2. The summed E-state index contributed by atoms with van der Waals surface area (Å²) in [5.41, 5.74) is 9.10. The van der Waals surface area contributed by atoms with Crippen LogP contribution >= 0.6 is 11.8 Å². The first kappa shape index (κ1) is 18.3. The maximum atomic E-state index is 11.3. The predicted molar refractivity (Wildman–Crippen MR) is 113 cm³/mol. The molecule has 0 bridgehead atoms. The number of benzene rings is 2. The van der Waals surface area contributed by atoms with E-state index in [1.54, 1.807) is 30.8 Å². The third kappa shape index (κ3) is 3.18. The van der Waals surface area contributed by atoms with Crippen LogP contribution in [0.25, 0.3) is 5.69 Å². The molecule has 1 aliphatic heterocycles. The molecule has 6 nitrogen and oxygen atoms in total. The van der Waals surface area contributed by atoms with Crippen LogP contribution in [-0.2, 0) is 0 Å². The van der Waals surface area contributed by atoms with E-state index >= 15 is 0 Å². The van der Waals surface area contributed by atoms with Crippen molar-refractivity contribution in [1.29, 1.82) is 0 Å². The number of nitrogens with one attached hydrogen (secondary N) is 1. The Kier molecular flexibility index (Phi) is 4.68. The minimum absolute atomic E-state index is 0.00981. The number of hydrogen-bond donors (Lipinski definition) is 1. The van der Waals surface area contributed by atoms with Crippen LogP contribution in [-0.4, -0.2) is 14.5 Å². The molecule has 0 unspecified atom stereocenters. The fourth-order valence-corrected chi connectivity index (χ4v) is 4.58. The number of hydrogen-bond acceptors (Lipinski definition) is 5. The van der Waals surface area contributed by atoms with Gasteiger partial charge in [-0.1, -0.05) is 48.2 Å². The van der Waals surface area contributed by atoms with E-state index in [1.165, 1.54) is 0 Å². The van der Waals surface area contributed by atoms with E-state index in [0.29, 0.717) is 5.56 Å². The Labute approximate surface area is 167 Å². The van der Waals surface area contributed by atoms with Crippen LogP contribution in [0.3, 0.4) is 0 Å². The summed E-state index contributed by atoms with van der Waals surface area (Å²) in [7, 11) is 0. The number of nitrogens with zero attached hydrogens (tertiary/aromatic N) is 3. The van der Waals surface area contributed by atoms with Crippen molar-refractivity contribution in [2.24, 2.45) is 5.10 Å². The summed E-state index contributed by atoms with van der Waals surface area (Å²) < 4.78 is 2.06. The Hall–Kier alpha value is -3.06. The number of nitro groups is 1. The van der Waals surface area contributed by atoms with Crippen molar-refractivity contribution in [3.63, 3.8) is 0 Å². The van der Waals surface area contributed by atoms with Gasteiger partial charge in [-0.2, -0.15) is 5.10 Å². The number of nitro benzene ring substituents is 1. The number of thioether (sulfide) groups is 1.